The van der Waals surface area contributed by atoms with Crippen molar-refractivity contribution >= 4 is 22.5 Å². The lowest BCUT2D eigenvalue weighted by Gasteiger charge is -2.05. The van der Waals surface area contributed by atoms with Gasteiger partial charge in [-0.2, -0.15) is 0 Å². The third kappa shape index (κ3) is 2.61. The number of nitrogens with two attached hydrogens (primary N) is 1. The van der Waals surface area contributed by atoms with Gasteiger partial charge in [0, 0.05) is 34.7 Å². The molecule has 2 heterocycles. The minimum Gasteiger partial charge on any atom is -0.508 e. The molecular weight excluding hydrogens is 314 g/mol. The minimum atomic E-state index is -0.170. The third-order valence-electron chi connectivity index (χ3n) is 4.06. The first-order valence-electron chi connectivity index (χ1n) is 7.79. The van der Waals surface area contributed by atoms with Gasteiger partial charge < -0.3 is 15.4 Å². The molecule has 25 heavy (non-hydrogen) atoms. The van der Waals surface area contributed by atoms with Crippen molar-refractivity contribution in [3.8, 4) is 11.4 Å². The molecule has 0 bridgehead atoms. The Morgan fingerprint density at radius 3 is 2.68 bits per heavy atom. The van der Waals surface area contributed by atoms with Crippen LogP contribution in [0.1, 0.15) is 15.9 Å². The average Bonchev–Trinajstić information content (AvgIpc) is 3.01. The zero-order valence-electron chi connectivity index (χ0n) is 13.3. The van der Waals surface area contributed by atoms with E-state index in [0.29, 0.717) is 22.5 Å². The standard InChI is InChI=1S/C20H15N3O2/c21-14-5-2-6-15(11-14)23-12-18(17-8-3-9-22-20(17)23)19(25)13-4-1-7-16(24)10-13/h1-12,24H,21H2. The largest absolute Gasteiger partial charge is 0.508 e. The van der Waals surface area contributed by atoms with Gasteiger partial charge in [0.1, 0.15) is 11.4 Å². The van der Waals surface area contributed by atoms with Crippen LogP contribution in [0.3, 0.4) is 0 Å². The number of hydrogen-bond donors (Lipinski definition) is 2. The van der Waals surface area contributed by atoms with Crippen molar-refractivity contribution in [2.45, 2.75) is 0 Å². The lowest BCUT2D eigenvalue weighted by Crippen LogP contribution is -2.00. The fourth-order valence-electron chi connectivity index (χ4n) is 2.91. The van der Waals surface area contributed by atoms with E-state index in [4.69, 9.17) is 5.73 Å². The van der Waals surface area contributed by atoms with E-state index in [0.717, 1.165) is 11.1 Å². The van der Waals surface area contributed by atoms with E-state index < -0.39 is 0 Å². The number of nitrogen functional groups attached to an aromatic ring is 1. The number of nitrogens with zero attached hydrogens (tertiary/aromatic N) is 2. The molecule has 122 valence electrons. The van der Waals surface area contributed by atoms with Crippen molar-refractivity contribution in [2.75, 3.05) is 5.73 Å². The summed E-state index contributed by atoms with van der Waals surface area (Å²) in [5.41, 5.74) is 8.98. The minimum absolute atomic E-state index is 0.0588. The summed E-state index contributed by atoms with van der Waals surface area (Å²) < 4.78 is 1.85. The Balaban J connectivity index is 1.92. The molecule has 2 aromatic heterocycles. The van der Waals surface area contributed by atoms with Crippen molar-refractivity contribution in [1.29, 1.82) is 0 Å². The number of hydrogen-bond acceptors (Lipinski definition) is 4. The van der Waals surface area contributed by atoms with Crippen molar-refractivity contribution in [3.05, 3.63) is 84.2 Å². The smallest absolute Gasteiger partial charge is 0.195 e. The Kier molecular flexibility index (Phi) is 3.47. The van der Waals surface area contributed by atoms with Crippen LogP contribution in [-0.4, -0.2) is 20.4 Å². The predicted octanol–water partition coefficient (Wildman–Crippen LogP) is 3.54. The van der Waals surface area contributed by atoms with Gasteiger partial charge in [-0.1, -0.05) is 18.2 Å². The molecule has 3 N–H and O–H groups in total. The number of phenolic OH excluding ortho intramolecular Hbond substituents is 1. The van der Waals surface area contributed by atoms with Crippen molar-refractivity contribution in [1.82, 2.24) is 9.55 Å². The molecule has 0 aliphatic heterocycles. The van der Waals surface area contributed by atoms with E-state index in [9.17, 15) is 9.90 Å². The van der Waals surface area contributed by atoms with E-state index in [1.54, 1.807) is 36.7 Å². The van der Waals surface area contributed by atoms with E-state index in [1.807, 2.05) is 28.8 Å². The molecule has 0 amide bonds. The first kappa shape index (κ1) is 15.0. The summed E-state index contributed by atoms with van der Waals surface area (Å²) in [7, 11) is 0. The number of ketones is 1. The van der Waals surface area contributed by atoms with Crippen LogP contribution < -0.4 is 5.73 Å². The summed E-state index contributed by atoms with van der Waals surface area (Å²) in [6, 6.07) is 17.4. The van der Waals surface area contributed by atoms with Gasteiger partial charge in [-0.3, -0.25) is 4.79 Å². The highest BCUT2D eigenvalue weighted by atomic mass is 16.3. The van der Waals surface area contributed by atoms with Crippen LogP contribution in [0.5, 0.6) is 5.75 Å². The van der Waals surface area contributed by atoms with Gasteiger partial charge in [0.2, 0.25) is 0 Å². The zero-order chi connectivity index (χ0) is 17.4. The van der Waals surface area contributed by atoms with Crippen molar-refractivity contribution in [3.63, 3.8) is 0 Å². The number of carbonyl (C=O) groups is 1. The Morgan fingerprint density at radius 1 is 1.04 bits per heavy atom. The lowest BCUT2D eigenvalue weighted by molar-refractivity contribution is 0.104. The lowest BCUT2D eigenvalue weighted by atomic mass is 10.0. The summed E-state index contributed by atoms with van der Waals surface area (Å²) >= 11 is 0. The predicted molar refractivity (Wildman–Crippen MR) is 97.0 cm³/mol. The molecule has 0 saturated carbocycles. The molecule has 0 unspecified atom stereocenters. The number of aromatic nitrogens is 2. The summed E-state index contributed by atoms with van der Waals surface area (Å²) in [6.07, 6.45) is 3.45. The monoisotopic (exact) mass is 329 g/mol. The number of pyridine rings is 1. The van der Waals surface area contributed by atoms with Crippen LogP contribution in [0.25, 0.3) is 16.7 Å². The number of carbonyl (C=O) groups excluding carboxylic acids is 1. The summed E-state index contributed by atoms with van der Waals surface area (Å²) in [5, 5.41) is 10.4. The molecule has 0 atom stereocenters. The van der Waals surface area contributed by atoms with Gasteiger partial charge in [-0.15, -0.1) is 0 Å². The van der Waals surface area contributed by atoms with Crippen LogP contribution in [0.4, 0.5) is 5.69 Å². The first-order valence-corrected chi connectivity index (χ1v) is 7.79. The van der Waals surface area contributed by atoms with Gasteiger partial charge in [0.05, 0.1) is 5.56 Å². The normalized spacial score (nSPS) is 10.9. The second-order valence-electron chi connectivity index (χ2n) is 5.76. The van der Waals surface area contributed by atoms with Gasteiger partial charge in [0.15, 0.2) is 5.78 Å². The summed E-state index contributed by atoms with van der Waals surface area (Å²) in [6.45, 7) is 0. The van der Waals surface area contributed by atoms with E-state index in [-0.39, 0.29) is 11.5 Å². The van der Waals surface area contributed by atoms with Gasteiger partial charge in [0.25, 0.3) is 0 Å². The Morgan fingerprint density at radius 2 is 1.88 bits per heavy atom. The fraction of sp³-hybridized carbons (Fsp3) is 0. The second kappa shape index (κ2) is 5.79. The SMILES string of the molecule is Nc1cccc(-n2cc(C(=O)c3cccc(O)c3)c3cccnc32)c1. The number of rotatable bonds is 3. The first-order chi connectivity index (χ1) is 12.1. The van der Waals surface area contributed by atoms with Crippen LogP contribution in [-0.2, 0) is 0 Å². The van der Waals surface area contributed by atoms with Gasteiger partial charge >= 0.3 is 0 Å². The maximum absolute atomic E-state index is 12.9. The number of benzene rings is 2. The zero-order valence-corrected chi connectivity index (χ0v) is 13.3. The quantitative estimate of drug-likeness (QED) is 0.445. The Labute approximate surface area is 144 Å². The highest BCUT2D eigenvalue weighted by Gasteiger charge is 2.18. The molecule has 0 aliphatic carbocycles. The average molecular weight is 329 g/mol. The van der Waals surface area contributed by atoms with E-state index in [1.165, 1.54) is 12.1 Å². The summed E-state index contributed by atoms with van der Waals surface area (Å²) in [5.74, 6) is -0.111. The Hall–Kier alpha value is -3.60. The fourth-order valence-corrected chi connectivity index (χ4v) is 2.91. The molecule has 0 aliphatic rings. The van der Waals surface area contributed by atoms with Crippen LogP contribution in [0, 0.1) is 0 Å². The number of phenols is 1. The van der Waals surface area contributed by atoms with E-state index in [2.05, 4.69) is 4.98 Å². The third-order valence-corrected chi connectivity index (χ3v) is 4.06. The highest BCUT2D eigenvalue weighted by Crippen LogP contribution is 2.26. The van der Waals surface area contributed by atoms with Crippen molar-refractivity contribution in [2.24, 2.45) is 0 Å². The van der Waals surface area contributed by atoms with E-state index >= 15 is 0 Å². The van der Waals surface area contributed by atoms with Crippen LogP contribution in [0.15, 0.2) is 73.1 Å². The topological polar surface area (TPSA) is 81.1 Å². The molecule has 0 radical (unpaired) electrons. The maximum atomic E-state index is 12.9. The molecule has 0 fully saturated rings. The number of aromatic hydroxyl groups is 1. The van der Waals surface area contributed by atoms with Gasteiger partial charge in [-0.25, -0.2) is 4.98 Å². The second-order valence-corrected chi connectivity index (χ2v) is 5.76. The van der Waals surface area contributed by atoms with Gasteiger partial charge in [-0.05, 0) is 42.5 Å². The molecule has 0 saturated heterocycles. The van der Waals surface area contributed by atoms with Crippen LogP contribution in [0.2, 0.25) is 0 Å². The Bertz CT molecular complexity index is 1100. The highest BCUT2D eigenvalue weighted by molar-refractivity contribution is 6.16. The maximum Gasteiger partial charge on any atom is 0.195 e. The molecule has 5 heteroatoms. The summed E-state index contributed by atoms with van der Waals surface area (Å²) in [4.78, 5) is 17.4. The number of anilines is 1. The molecule has 5 nitrogen and oxygen atoms in total. The molecule has 2 aromatic carbocycles. The molecule has 4 rings (SSSR count). The molecular formula is C20H15N3O2. The molecule has 4 aromatic rings. The van der Waals surface area contributed by atoms with Crippen LogP contribution >= 0.6 is 0 Å². The number of fused-ring (bicyclic) bond motifs is 1. The van der Waals surface area contributed by atoms with Crippen molar-refractivity contribution < 1.29 is 9.90 Å². The molecule has 0 spiro atoms.